The second-order valence-corrected chi connectivity index (χ2v) is 8.61. The normalized spacial score (nSPS) is 12.6. The number of nitrogens with one attached hydrogen (secondary N) is 2. The molecule has 0 aliphatic heterocycles. The molecule has 0 saturated carbocycles. The molecule has 6 nitrogen and oxygen atoms in total. The monoisotopic (exact) mass is 446 g/mol. The summed E-state index contributed by atoms with van der Waals surface area (Å²) >= 11 is 1.61. The lowest BCUT2D eigenvalue weighted by Crippen LogP contribution is -2.38. The Balaban J connectivity index is 1.28. The minimum Gasteiger partial charge on any atom is -0.386 e. The number of hydrogen-bond donors (Lipinski definition) is 3. The third-order valence-electron chi connectivity index (χ3n) is 5.19. The van der Waals surface area contributed by atoms with Gasteiger partial charge >= 0.3 is 0 Å². The van der Waals surface area contributed by atoms with E-state index in [1.165, 1.54) is 4.70 Å². The highest BCUT2D eigenvalue weighted by Crippen LogP contribution is 2.29. The predicted molar refractivity (Wildman–Crippen MR) is 131 cm³/mol. The molecule has 0 radical (unpaired) electrons. The Hall–Kier alpha value is -3.42. The van der Waals surface area contributed by atoms with Crippen LogP contribution in [0.3, 0.4) is 0 Å². The van der Waals surface area contributed by atoms with Crippen molar-refractivity contribution in [1.29, 1.82) is 0 Å². The Morgan fingerprint density at radius 3 is 2.53 bits per heavy atom. The first-order valence-corrected chi connectivity index (χ1v) is 11.3. The van der Waals surface area contributed by atoms with Crippen LogP contribution in [0.5, 0.6) is 0 Å². The maximum absolute atomic E-state index is 11.9. The number of guanidine groups is 1. The van der Waals surface area contributed by atoms with Crippen molar-refractivity contribution in [3.05, 3.63) is 105 Å². The molecule has 0 aliphatic rings. The Kier molecular flexibility index (Phi) is 6.99. The number of aliphatic hydroxyl groups is 1. The first kappa shape index (κ1) is 21.8. The lowest BCUT2D eigenvalue weighted by Gasteiger charge is -2.15. The molecule has 7 heteroatoms. The van der Waals surface area contributed by atoms with E-state index in [0.717, 1.165) is 21.4 Å². The first-order chi connectivity index (χ1) is 15.6. The summed E-state index contributed by atoms with van der Waals surface area (Å²) in [5.41, 5.74) is 2.16. The SMILES string of the molecule is CN=C(NCc1ccc(Cn2ccccc2=O)cc1)NCC(O)c1cc2ccccc2s1. The Labute approximate surface area is 190 Å². The summed E-state index contributed by atoms with van der Waals surface area (Å²) in [4.78, 5) is 17.0. The van der Waals surface area contributed by atoms with Gasteiger partial charge in [0.2, 0.25) is 0 Å². The van der Waals surface area contributed by atoms with Crippen molar-refractivity contribution >= 4 is 27.4 Å². The van der Waals surface area contributed by atoms with Crippen LogP contribution in [0.2, 0.25) is 0 Å². The average molecular weight is 447 g/mol. The highest BCUT2D eigenvalue weighted by molar-refractivity contribution is 7.19. The van der Waals surface area contributed by atoms with Crippen molar-refractivity contribution in [2.45, 2.75) is 19.2 Å². The molecule has 1 unspecified atom stereocenters. The summed E-state index contributed by atoms with van der Waals surface area (Å²) in [5, 5.41) is 18.2. The quantitative estimate of drug-likeness (QED) is 0.300. The topological polar surface area (TPSA) is 78.7 Å². The molecule has 0 amide bonds. The lowest BCUT2D eigenvalue weighted by molar-refractivity contribution is 0.184. The minimum absolute atomic E-state index is 0.00838. The molecule has 2 heterocycles. The molecule has 2 aromatic heterocycles. The molecule has 4 rings (SSSR count). The second kappa shape index (κ2) is 10.3. The number of hydrogen-bond acceptors (Lipinski definition) is 4. The number of pyridine rings is 1. The maximum Gasteiger partial charge on any atom is 0.250 e. The van der Waals surface area contributed by atoms with Gasteiger partial charge in [0.15, 0.2) is 5.96 Å². The van der Waals surface area contributed by atoms with E-state index >= 15 is 0 Å². The summed E-state index contributed by atoms with van der Waals surface area (Å²) in [6.07, 6.45) is 1.19. The van der Waals surface area contributed by atoms with E-state index in [1.807, 2.05) is 48.5 Å². The van der Waals surface area contributed by atoms with E-state index in [9.17, 15) is 9.90 Å². The Morgan fingerprint density at radius 2 is 1.78 bits per heavy atom. The third-order valence-corrected chi connectivity index (χ3v) is 6.41. The van der Waals surface area contributed by atoms with Crippen LogP contribution in [0.15, 0.2) is 88.8 Å². The van der Waals surface area contributed by atoms with Gasteiger partial charge in [0, 0.05) is 42.0 Å². The van der Waals surface area contributed by atoms with Crippen molar-refractivity contribution in [3.63, 3.8) is 0 Å². The molecule has 164 valence electrons. The van der Waals surface area contributed by atoms with Crippen molar-refractivity contribution in [2.24, 2.45) is 4.99 Å². The van der Waals surface area contributed by atoms with Crippen LogP contribution in [0.25, 0.3) is 10.1 Å². The van der Waals surface area contributed by atoms with Crippen LogP contribution >= 0.6 is 11.3 Å². The molecule has 0 spiro atoms. The molecule has 0 bridgehead atoms. The summed E-state index contributed by atoms with van der Waals surface area (Å²) in [6.45, 7) is 1.52. The van der Waals surface area contributed by atoms with Gasteiger partial charge in [0.05, 0.1) is 6.54 Å². The van der Waals surface area contributed by atoms with Crippen LogP contribution in [0, 0.1) is 0 Å². The van der Waals surface area contributed by atoms with E-state index in [2.05, 4.69) is 27.8 Å². The number of rotatable bonds is 7. The molecule has 4 aromatic rings. The number of fused-ring (bicyclic) bond motifs is 1. The van der Waals surface area contributed by atoms with E-state index < -0.39 is 6.10 Å². The van der Waals surface area contributed by atoms with Gasteiger partial charge in [-0.2, -0.15) is 0 Å². The predicted octanol–water partition coefficient (Wildman–Crippen LogP) is 3.51. The van der Waals surface area contributed by atoms with Crippen LogP contribution in [0.4, 0.5) is 0 Å². The molecular formula is C25H26N4O2S. The number of aliphatic hydroxyl groups excluding tert-OH is 1. The minimum atomic E-state index is -0.605. The number of nitrogens with zero attached hydrogens (tertiary/aromatic N) is 2. The van der Waals surface area contributed by atoms with E-state index in [4.69, 9.17) is 0 Å². The second-order valence-electron chi connectivity index (χ2n) is 7.49. The standard InChI is InChI=1S/C25H26N4O2S/c1-26-25(28-16-21(30)23-14-20-6-2-3-7-22(20)32-23)27-15-18-9-11-19(12-10-18)17-29-13-5-4-8-24(29)31/h2-14,21,30H,15-17H2,1H3,(H2,26,27,28). The molecule has 2 aromatic carbocycles. The van der Waals surface area contributed by atoms with E-state index in [-0.39, 0.29) is 5.56 Å². The molecule has 0 fully saturated rings. The summed E-state index contributed by atoms with van der Waals surface area (Å²) in [6, 6.07) is 23.5. The zero-order valence-electron chi connectivity index (χ0n) is 17.9. The van der Waals surface area contributed by atoms with Gasteiger partial charge in [0.25, 0.3) is 5.56 Å². The van der Waals surface area contributed by atoms with Crippen LogP contribution in [-0.2, 0) is 13.1 Å². The highest BCUT2D eigenvalue weighted by atomic mass is 32.1. The Morgan fingerprint density at radius 1 is 1.03 bits per heavy atom. The molecule has 0 aliphatic carbocycles. The zero-order valence-corrected chi connectivity index (χ0v) is 18.7. The molecule has 32 heavy (non-hydrogen) atoms. The Bertz CT molecular complexity index is 1230. The summed E-state index contributed by atoms with van der Waals surface area (Å²) in [7, 11) is 1.71. The molecule has 1 atom stereocenters. The van der Waals surface area contributed by atoms with Crippen molar-refractivity contribution in [2.75, 3.05) is 13.6 Å². The van der Waals surface area contributed by atoms with E-state index in [1.54, 1.807) is 41.3 Å². The maximum atomic E-state index is 11.9. The molecular weight excluding hydrogens is 420 g/mol. The van der Waals surface area contributed by atoms with Gasteiger partial charge in [-0.15, -0.1) is 11.3 Å². The van der Waals surface area contributed by atoms with Crippen LogP contribution < -0.4 is 16.2 Å². The fourth-order valence-corrected chi connectivity index (χ4v) is 4.47. The molecule has 3 N–H and O–H groups in total. The lowest BCUT2D eigenvalue weighted by atomic mass is 10.1. The van der Waals surface area contributed by atoms with Gasteiger partial charge in [-0.1, -0.05) is 48.5 Å². The fraction of sp³-hybridized carbons (Fsp3) is 0.200. The van der Waals surface area contributed by atoms with Gasteiger partial charge in [-0.25, -0.2) is 0 Å². The van der Waals surface area contributed by atoms with Crippen LogP contribution in [0.1, 0.15) is 22.1 Å². The molecule has 0 saturated heterocycles. The van der Waals surface area contributed by atoms with Crippen molar-refractivity contribution in [1.82, 2.24) is 15.2 Å². The first-order valence-electron chi connectivity index (χ1n) is 10.5. The van der Waals surface area contributed by atoms with Crippen molar-refractivity contribution in [3.8, 4) is 0 Å². The van der Waals surface area contributed by atoms with Gasteiger partial charge < -0.3 is 20.3 Å². The highest BCUT2D eigenvalue weighted by Gasteiger charge is 2.12. The third kappa shape index (κ3) is 5.43. The number of aromatic nitrogens is 1. The van der Waals surface area contributed by atoms with Gasteiger partial charge in [0.1, 0.15) is 6.10 Å². The van der Waals surface area contributed by atoms with Crippen molar-refractivity contribution < 1.29 is 5.11 Å². The number of aliphatic imine (C=N–C) groups is 1. The number of thiophene rings is 1. The zero-order chi connectivity index (χ0) is 22.3. The summed E-state index contributed by atoms with van der Waals surface area (Å²) in [5.74, 6) is 0.630. The smallest absolute Gasteiger partial charge is 0.250 e. The average Bonchev–Trinajstić information content (AvgIpc) is 3.26. The van der Waals surface area contributed by atoms with E-state index in [0.29, 0.717) is 25.6 Å². The largest absolute Gasteiger partial charge is 0.386 e. The van der Waals surface area contributed by atoms with Gasteiger partial charge in [-0.05, 0) is 34.7 Å². The summed E-state index contributed by atoms with van der Waals surface area (Å²) < 4.78 is 2.85. The fourth-order valence-electron chi connectivity index (χ4n) is 3.42. The van der Waals surface area contributed by atoms with Crippen LogP contribution in [-0.4, -0.2) is 29.2 Å². The number of benzene rings is 2. The van der Waals surface area contributed by atoms with Gasteiger partial charge in [-0.3, -0.25) is 9.79 Å².